The number of nitrogens with two attached hydrogens (primary N) is 1. The van der Waals surface area contributed by atoms with Crippen LogP contribution in [-0.4, -0.2) is 15.6 Å². The Hall–Kier alpha value is -1.58. The van der Waals surface area contributed by atoms with Crippen LogP contribution in [0.1, 0.15) is 17.3 Å². The van der Waals surface area contributed by atoms with E-state index in [9.17, 15) is 4.79 Å². The number of nitrogen functional groups attached to an aromatic ring is 1. The van der Waals surface area contributed by atoms with Crippen LogP contribution in [0.3, 0.4) is 0 Å². The Morgan fingerprint density at radius 3 is 2.67 bits per heavy atom. The second kappa shape index (κ2) is 2.81. The van der Waals surface area contributed by atoms with Crippen molar-refractivity contribution in [3.63, 3.8) is 0 Å². The Kier molecular flexibility index (Phi) is 1.99. The van der Waals surface area contributed by atoms with E-state index in [1.807, 2.05) is 0 Å². The minimum Gasteiger partial charge on any atom is -0.383 e. The number of nitrogens with zero attached hydrogens (tertiary/aromatic N) is 2. The summed E-state index contributed by atoms with van der Waals surface area (Å²) >= 11 is 0. The van der Waals surface area contributed by atoms with Gasteiger partial charge in [0.15, 0.2) is 5.78 Å². The van der Waals surface area contributed by atoms with E-state index in [2.05, 4.69) is 11.7 Å². The van der Waals surface area contributed by atoms with E-state index in [1.54, 1.807) is 14.0 Å². The maximum atomic E-state index is 11.3. The summed E-state index contributed by atoms with van der Waals surface area (Å²) in [6.07, 6.45) is 1.45. The van der Waals surface area contributed by atoms with E-state index in [-0.39, 0.29) is 5.78 Å². The van der Waals surface area contributed by atoms with Gasteiger partial charge in [0.1, 0.15) is 5.82 Å². The number of hydrogen-bond acceptors (Lipinski definition) is 3. The third kappa shape index (κ3) is 1.23. The fourth-order valence-electron chi connectivity index (χ4n) is 0.852. The Balaban J connectivity index is 3.12. The van der Waals surface area contributed by atoms with Gasteiger partial charge in [-0.1, -0.05) is 6.58 Å². The minimum atomic E-state index is -0.152. The Bertz CT molecular complexity index is 338. The number of aromatic nitrogens is 2. The SMILES string of the molecule is C=C(C)C(=O)c1cnn(C)c1N. The first-order valence-electron chi connectivity index (χ1n) is 3.51. The maximum Gasteiger partial charge on any atom is 0.193 e. The molecule has 0 bridgehead atoms. The van der Waals surface area contributed by atoms with Crippen molar-refractivity contribution in [3.8, 4) is 0 Å². The quantitative estimate of drug-likeness (QED) is 0.520. The van der Waals surface area contributed by atoms with Crippen LogP contribution >= 0.6 is 0 Å². The molecule has 12 heavy (non-hydrogen) atoms. The predicted molar refractivity (Wildman–Crippen MR) is 46.8 cm³/mol. The van der Waals surface area contributed by atoms with Gasteiger partial charge in [-0.05, 0) is 12.5 Å². The van der Waals surface area contributed by atoms with Gasteiger partial charge in [0.05, 0.1) is 11.8 Å². The van der Waals surface area contributed by atoms with Gasteiger partial charge in [-0.2, -0.15) is 5.10 Å². The molecule has 0 fully saturated rings. The molecule has 0 saturated heterocycles. The summed E-state index contributed by atoms with van der Waals surface area (Å²) in [6.45, 7) is 5.19. The van der Waals surface area contributed by atoms with E-state index < -0.39 is 0 Å². The van der Waals surface area contributed by atoms with Crippen LogP contribution < -0.4 is 5.73 Å². The molecule has 1 rings (SSSR count). The number of hydrogen-bond donors (Lipinski definition) is 1. The molecule has 1 aromatic rings. The summed E-state index contributed by atoms with van der Waals surface area (Å²) in [5.74, 6) is 0.226. The standard InChI is InChI=1S/C8H11N3O/c1-5(2)7(12)6-4-10-11(3)8(6)9/h4H,1,9H2,2-3H3. The molecule has 0 aliphatic rings. The lowest BCUT2D eigenvalue weighted by Gasteiger charge is -1.97. The first kappa shape index (κ1) is 8.52. The van der Waals surface area contributed by atoms with Crippen molar-refractivity contribution < 1.29 is 4.79 Å². The summed E-state index contributed by atoms with van der Waals surface area (Å²) in [4.78, 5) is 11.3. The van der Waals surface area contributed by atoms with Crippen LogP contribution in [0.25, 0.3) is 0 Å². The molecule has 4 nitrogen and oxygen atoms in total. The summed E-state index contributed by atoms with van der Waals surface area (Å²) in [5, 5.41) is 3.85. The number of rotatable bonds is 2. The molecule has 0 atom stereocenters. The number of carbonyl (C=O) groups is 1. The summed E-state index contributed by atoms with van der Waals surface area (Å²) in [7, 11) is 1.69. The molecule has 0 spiro atoms. The fourth-order valence-corrected chi connectivity index (χ4v) is 0.852. The van der Waals surface area contributed by atoms with Gasteiger partial charge in [-0.15, -0.1) is 0 Å². The zero-order valence-corrected chi connectivity index (χ0v) is 7.16. The Morgan fingerprint density at radius 1 is 1.75 bits per heavy atom. The molecule has 0 aromatic carbocycles. The molecule has 0 unspecified atom stereocenters. The fraction of sp³-hybridized carbons (Fsp3) is 0.250. The molecule has 1 heterocycles. The number of Topliss-reactive ketones (excluding diaryl/α,β-unsaturated/α-hetero) is 1. The van der Waals surface area contributed by atoms with Crippen LogP contribution in [-0.2, 0) is 7.05 Å². The van der Waals surface area contributed by atoms with Crippen molar-refractivity contribution >= 4 is 11.6 Å². The van der Waals surface area contributed by atoms with Gasteiger partial charge in [0.25, 0.3) is 0 Å². The van der Waals surface area contributed by atoms with Crippen molar-refractivity contribution in [1.82, 2.24) is 9.78 Å². The molecule has 2 N–H and O–H groups in total. The van der Waals surface area contributed by atoms with Gasteiger partial charge >= 0.3 is 0 Å². The predicted octanol–water partition coefficient (Wildman–Crippen LogP) is 0.761. The Labute approximate surface area is 70.7 Å². The number of anilines is 1. The summed E-state index contributed by atoms with van der Waals surface area (Å²) in [6, 6.07) is 0. The van der Waals surface area contributed by atoms with Crippen LogP contribution in [0.4, 0.5) is 5.82 Å². The van der Waals surface area contributed by atoms with Crippen molar-refractivity contribution in [2.24, 2.45) is 7.05 Å². The largest absolute Gasteiger partial charge is 0.383 e. The lowest BCUT2D eigenvalue weighted by molar-refractivity contribution is 0.103. The molecule has 64 valence electrons. The van der Waals surface area contributed by atoms with Crippen LogP contribution in [0, 0.1) is 0 Å². The molecule has 0 aliphatic heterocycles. The van der Waals surface area contributed by atoms with E-state index in [0.717, 1.165) is 0 Å². The third-order valence-electron chi connectivity index (χ3n) is 1.62. The normalized spacial score (nSPS) is 9.83. The average molecular weight is 165 g/mol. The molecule has 4 heteroatoms. The van der Waals surface area contributed by atoms with Crippen LogP contribution in [0.15, 0.2) is 18.3 Å². The molecule has 0 radical (unpaired) electrons. The first-order valence-corrected chi connectivity index (χ1v) is 3.51. The highest BCUT2D eigenvalue weighted by Gasteiger charge is 2.13. The topological polar surface area (TPSA) is 60.9 Å². The summed E-state index contributed by atoms with van der Waals surface area (Å²) in [5.41, 5.74) is 6.47. The minimum absolute atomic E-state index is 0.152. The van der Waals surface area contributed by atoms with Gasteiger partial charge in [0.2, 0.25) is 0 Å². The first-order chi connectivity index (χ1) is 5.54. The smallest absolute Gasteiger partial charge is 0.193 e. The Morgan fingerprint density at radius 2 is 2.33 bits per heavy atom. The van der Waals surface area contributed by atoms with Crippen molar-refractivity contribution in [3.05, 3.63) is 23.9 Å². The van der Waals surface area contributed by atoms with E-state index in [4.69, 9.17) is 5.73 Å². The zero-order chi connectivity index (χ0) is 9.30. The average Bonchev–Trinajstić information content (AvgIpc) is 2.32. The molecule has 1 aromatic heterocycles. The van der Waals surface area contributed by atoms with Gasteiger partial charge < -0.3 is 5.73 Å². The lowest BCUT2D eigenvalue weighted by Crippen LogP contribution is -2.04. The van der Waals surface area contributed by atoms with Crippen LogP contribution in [0.5, 0.6) is 0 Å². The number of aryl methyl sites for hydroxylation is 1. The van der Waals surface area contributed by atoms with Gasteiger partial charge in [-0.3, -0.25) is 9.48 Å². The number of carbonyl (C=O) groups excluding carboxylic acids is 1. The highest BCUT2D eigenvalue weighted by molar-refractivity contribution is 6.10. The third-order valence-corrected chi connectivity index (χ3v) is 1.62. The van der Waals surface area contributed by atoms with Crippen molar-refractivity contribution in [2.45, 2.75) is 6.92 Å². The number of allylic oxidation sites excluding steroid dienone is 1. The lowest BCUT2D eigenvalue weighted by atomic mass is 10.1. The zero-order valence-electron chi connectivity index (χ0n) is 7.16. The second-order valence-corrected chi connectivity index (χ2v) is 2.68. The molecular weight excluding hydrogens is 154 g/mol. The van der Waals surface area contributed by atoms with Crippen molar-refractivity contribution in [2.75, 3.05) is 5.73 Å². The second-order valence-electron chi connectivity index (χ2n) is 2.68. The van der Waals surface area contributed by atoms with E-state index >= 15 is 0 Å². The van der Waals surface area contributed by atoms with Crippen LogP contribution in [0.2, 0.25) is 0 Å². The van der Waals surface area contributed by atoms with E-state index in [1.165, 1.54) is 10.9 Å². The van der Waals surface area contributed by atoms with Gasteiger partial charge in [-0.25, -0.2) is 0 Å². The number of ketones is 1. The monoisotopic (exact) mass is 165 g/mol. The molecule has 0 aliphatic carbocycles. The molecular formula is C8H11N3O. The van der Waals surface area contributed by atoms with Crippen molar-refractivity contribution in [1.29, 1.82) is 0 Å². The molecule has 0 amide bonds. The highest BCUT2D eigenvalue weighted by Crippen LogP contribution is 2.13. The van der Waals surface area contributed by atoms with E-state index in [0.29, 0.717) is 17.0 Å². The maximum absolute atomic E-state index is 11.3. The highest BCUT2D eigenvalue weighted by atomic mass is 16.1. The summed E-state index contributed by atoms with van der Waals surface area (Å²) < 4.78 is 1.45. The van der Waals surface area contributed by atoms with Gasteiger partial charge in [0, 0.05) is 7.05 Å². The molecule has 0 saturated carbocycles.